The van der Waals surface area contributed by atoms with Crippen LogP contribution in [0.2, 0.25) is 5.02 Å². The average molecular weight is 290 g/mol. The van der Waals surface area contributed by atoms with Gasteiger partial charge in [-0.2, -0.15) is 0 Å². The van der Waals surface area contributed by atoms with Gasteiger partial charge >= 0.3 is 0 Å². The molecule has 2 N–H and O–H groups in total. The van der Waals surface area contributed by atoms with Crippen LogP contribution in [0.25, 0.3) is 0 Å². The molecule has 0 bridgehead atoms. The first-order valence-electron chi connectivity index (χ1n) is 6.80. The minimum absolute atomic E-state index is 0.506. The molecule has 106 valence electrons. The second kappa shape index (κ2) is 6.73. The van der Waals surface area contributed by atoms with Crippen LogP contribution in [0, 0.1) is 6.92 Å². The fourth-order valence-electron chi connectivity index (χ4n) is 2.18. The lowest BCUT2D eigenvalue weighted by Crippen LogP contribution is -2.23. The van der Waals surface area contributed by atoms with Crippen molar-refractivity contribution in [2.75, 3.05) is 11.4 Å². The lowest BCUT2D eigenvalue weighted by Gasteiger charge is -2.24. The highest BCUT2D eigenvalue weighted by molar-refractivity contribution is 6.33. The normalized spacial score (nSPS) is 10.6. The Kier molecular flexibility index (Phi) is 4.99. The number of aryl methyl sites for hydroxylation is 1. The van der Waals surface area contributed by atoms with Crippen molar-refractivity contribution in [3.8, 4) is 0 Å². The molecule has 1 aromatic carbocycles. The van der Waals surface area contributed by atoms with Crippen LogP contribution in [0.5, 0.6) is 0 Å². The molecule has 0 saturated heterocycles. The lowest BCUT2D eigenvalue weighted by molar-refractivity contribution is 0.805. The first-order chi connectivity index (χ1) is 9.63. The van der Waals surface area contributed by atoms with Gasteiger partial charge in [0.2, 0.25) is 0 Å². The van der Waals surface area contributed by atoms with Crippen LogP contribution >= 0.6 is 11.6 Å². The van der Waals surface area contributed by atoms with Crippen LogP contribution in [-0.4, -0.2) is 11.5 Å². The third kappa shape index (κ3) is 3.50. The molecule has 1 aromatic heterocycles. The Balaban J connectivity index is 2.24. The Bertz CT molecular complexity index is 584. The molecule has 0 atom stereocenters. The van der Waals surface area contributed by atoms with E-state index in [-0.39, 0.29) is 0 Å². The summed E-state index contributed by atoms with van der Waals surface area (Å²) in [5.41, 5.74) is 9.78. The Hall–Kier alpha value is -1.58. The third-order valence-electron chi connectivity index (χ3n) is 3.27. The predicted octanol–water partition coefficient (Wildman–Crippen LogP) is 3.53. The highest BCUT2D eigenvalue weighted by atomic mass is 35.5. The van der Waals surface area contributed by atoms with Crippen molar-refractivity contribution in [1.29, 1.82) is 0 Å². The molecule has 2 aromatic rings. The summed E-state index contributed by atoms with van der Waals surface area (Å²) in [4.78, 5) is 6.76. The zero-order chi connectivity index (χ0) is 14.5. The van der Waals surface area contributed by atoms with E-state index in [1.165, 1.54) is 0 Å². The van der Waals surface area contributed by atoms with E-state index in [9.17, 15) is 0 Å². The Morgan fingerprint density at radius 3 is 2.65 bits per heavy atom. The molecule has 0 amide bonds. The van der Waals surface area contributed by atoms with E-state index >= 15 is 0 Å². The predicted molar refractivity (Wildman–Crippen MR) is 85.0 cm³/mol. The van der Waals surface area contributed by atoms with Gasteiger partial charge in [0, 0.05) is 18.8 Å². The summed E-state index contributed by atoms with van der Waals surface area (Å²) in [6.45, 7) is 6.24. The molecule has 0 aliphatic rings. The van der Waals surface area contributed by atoms with Gasteiger partial charge in [0.25, 0.3) is 0 Å². The summed E-state index contributed by atoms with van der Waals surface area (Å²) in [7, 11) is 0. The minimum atomic E-state index is 0.506. The van der Waals surface area contributed by atoms with Crippen LogP contribution in [0.1, 0.15) is 23.9 Å². The summed E-state index contributed by atoms with van der Waals surface area (Å²) >= 11 is 6.36. The molecular formula is C16H20ClN3. The van der Waals surface area contributed by atoms with E-state index in [0.717, 1.165) is 40.8 Å². The fraction of sp³-hybridized carbons (Fsp3) is 0.312. The number of nitrogens with zero attached hydrogens (tertiary/aromatic N) is 2. The molecule has 0 aliphatic heterocycles. The van der Waals surface area contributed by atoms with Gasteiger partial charge in [-0.05, 0) is 43.7 Å². The van der Waals surface area contributed by atoms with Crippen molar-refractivity contribution < 1.29 is 0 Å². The second-order valence-corrected chi connectivity index (χ2v) is 5.18. The number of hydrogen-bond acceptors (Lipinski definition) is 3. The number of halogens is 1. The monoisotopic (exact) mass is 289 g/mol. The Morgan fingerprint density at radius 1 is 1.25 bits per heavy atom. The number of nitrogens with two attached hydrogens (primary N) is 1. The van der Waals surface area contributed by atoms with Gasteiger partial charge in [-0.25, -0.2) is 0 Å². The molecule has 4 heteroatoms. The second-order valence-electron chi connectivity index (χ2n) is 4.77. The van der Waals surface area contributed by atoms with Gasteiger partial charge in [-0.3, -0.25) is 4.98 Å². The van der Waals surface area contributed by atoms with Gasteiger partial charge in [-0.15, -0.1) is 0 Å². The zero-order valence-corrected chi connectivity index (χ0v) is 12.7. The van der Waals surface area contributed by atoms with Crippen LogP contribution in [0.4, 0.5) is 5.69 Å². The van der Waals surface area contributed by atoms with Gasteiger partial charge in [-0.1, -0.05) is 23.7 Å². The summed E-state index contributed by atoms with van der Waals surface area (Å²) in [6.07, 6.45) is 0. The van der Waals surface area contributed by atoms with E-state index in [0.29, 0.717) is 6.54 Å². The van der Waals surface area contributed by atoms with Crippen LogP contribution in [0.15, 0.2) is 36.4 Å². The van der Waals surface area contributed by atoms with Gasteiger partial charge in [0.05, 0.1) is 22.9 Å². The first-order valence-corrected chi connectivity index (χ1v) is 7.17. The number of anilines is 1. The molecule has 20 heavy (non-hydrogen) atoms. The number of benzene rings is 1. The van der Waals surface area contributed by atoms with E-state index in [1.807, 2.05) is 43.3 Å². The van der Waals surface area contributed by atoms with Crippen molar-refractivity contribution in [2.24, 2.45) is 5.73 Å². The maximum atomic E-state index is 6.36. The minimum Gasteiger partial charge on any atom is -0.365 e. The number of aromatic nitrogens is 1. The summed E-state index contributed by atoms with van der Waals surface area (Å²) < 4.78 is 0. The highest BCUT2D eigenvalue weighted by Crippen LogP contribution is 2.27. The van der Waals surface area contributed by atoms with Crippen LogP contribution < -0.4 is 10.6 Å². The smallest absolute Gasteiger partial charge is 0.0642 e. The molecule has 0 unspecified atom stereocenters. The molecule has 0 fully saturated rings. The molecule has 0 saturated carbocycles. The molecule has 1 heterocycles. The largest absolute Gasteiger partial charge is 0.365 e. The molecule has 2 rings (SSSR count). The number of pyridine rings is 1. The molecular weight excluding hydrogens is 270 g/mol. The topological polar surface area (TPSA) is 42.2 Å². The zero-order valence-electron chi connectivity index (χ0n) is 11.9. The maximum absolute atomic E-state index is 6.36. The van der Waals surface area contributed by atoms with Gasteiger partial charge in [0.1, 0.15) is 0 Å². The SMILES string of the molecule is CCN(Cc1cccc(C)n1)c1ccc(CN)cc1Cl. The summed E-state index contributed by atoms with van der Waals surface area (Å²) in [5, 5.41) is 0.738. The molecule has 3 nitrogen and oxygen atoms in total. The first kappa shape index (κ1) is 14.8. The molecule has 0 radical (unpaired) electrons. The van der Waals surface area contributed by atoms with E-state index < -0.39 is 0 Å². The van der Waals surface area contributed by atoms with Crippen molar-refractivity contribution in [3.63, 3.8) is 0 Å². The van der Waals surface area contributed by atoms with Crippen molar-refractivity contribution in [3.05, 3.63) is 58.4 Å². The van der Waals surface area contributed by atoms with Crippen molar-refractivity contribution >= 4 is 17.3 Å². The highest BCUT2D eigenvalue weighted by Gasteiger charge is 2.10. The Morgan fingerprint density at radius 2 is 2.05 bits per heavy atom. The van der Waals surface area contributed by atoms with E-state index in [1.54, 1.807) is 0 Å². The van der Waals surface area contributed by atoms with Gasteiger partial charge in [0.15, 0.2) is 0 Å². The van der Waals surface area contributed by atoms with Crippen molar-refractivity contribution in [2.45, 2.75) is 26.9 Å². The fourth-order valence-corrected chi connectivity index (χ4v) is 2.51. The van der Waals surface area contributed by atoms with Gasteiger partial charge < -0.3 is 10.6 Å². The molecule has 0 spiro atoms. The summed E-state index contributed by atoms with van der Waals surface area (Å²) in [5.74, 6) is 0. The van der Waals surface area contributed by atoms with E-state index in [4.69, 9.17) is 17.3 Å². The quantitative estimate of drug-likeness (QED) is 0.915. The maximum Gasteiger partial charge on any atom is 0.0642 e. The van der Waals surface area contributed by atoms with E-state index in [2.05, 4.69) is 16.8 Å². The number of rotatable bonds is 5. The van der Waals surface area contributed by atoms with Crippen LogP contribution in [0.3, 0.4) is 0 Å². The standard InChI is InChI=1S/C16H20ClN3/c1-3-20(11-14-6-4-5-12(2)19-14)16-8-7-13(10-18)9-15(16)17/h4-9H,3,10-11,18H2,1-2H3. The van der Waals surface area contributed by atoms with Crippen LogP contribution in [-0.2, 0) is 13.1 Å². The molecule has 0 aliphatic carbocycles. The third-order valence-corrected chi connectivity index (χ3v) is 3.57. The average Bonchev–Trinajstić information content (AvgIpc) is 2.45. The summed E-state index contributed by atoms with van der Waals surface area (Å²) in [6, 6.07) is 12.1. The van der Waals surface area contributed by atoms with Crippen molar-refractivity contribution in [1.82, 2.24) is 4.98 Å². The Labute approximate surface area is 125 Å². The number of hydrogen-bond donors (Lipinski definition) is 1. The lowest BCUT2D eigenvalue weighted by atomic mass is 10.2.